The summed E-state index contributed by atoms with van der Waals surface area (Å²) in [7, 11) is 1.54. The van der Waals surface area contributed by atoms with Gasteiger partial charge in [-0.25, -0.2) is 14.6 Å². The van der Waals surface area contributed by atoms with E-state index >= 15 is 0 Å². The summed E-state index contributed by atoms with van der Waals surface area (Å²) in [5.41, 5.74) is 7.70. The van der Waals surface area contributed by atoms with Crippen molar-refractivity contribution in [2.45, 2.75) is 19.1 Å². The summed E-state index contributed by atoms with van der Waals surface area (Å²) in [6, 6.07) is 12.0. The van der Waals surface area contributed by atoms with Crippen molar-refractivity contribution in [2.24, 2.45) is 5.73 Å². The molecule has 0 radical (unpaired) electrons. The monoisotopic (exact) mass is 452 g/mol. The molecule has 1 saturated heterocycles. The fourth-order valence-electron chi connectivity index (χ4n) is 3.68. The molecule has 4 rings (SSSR count). The van der Waals surface area contributed by atoms with Gasteiger partial charge in [0, 0.05) is 24.0 Å². The van der Waals surface area contributed by atoms with Crippen molar-refractivity contribution < 1.29 is 28.2 Å². The van der Waals surface area contributed by atoms with Gasteiger partial charge >= 0.3 is 12.1 Å². The maximum absolute atomic E-state index is 13.4. The van der Waals surface area contributed by atoms with Crippen molar-refractivity contribution in [3.8, 4) is 17.1 Å². The van der Waals surface area contributed by atoms with Crippen LogP contribution in [0.4, 0.5) is 21.0 Å². The van der Waals surface area contributed by atoms with Crippen LogP contribution in [0.2, 0.25) is 0 Å². The molecular formula is C23H24N4O6. The number of rotatable bonds is 7. The number of carbonyl (C=O) groups is 2. The summed E-state index contributed by atoms with van der Waals surface area (Å²) < 4.78 is 21.2. The minimum Gasteiger partial charge on any atom is -0.496 e. The minimum absolute atomic E-state index is 0.0140. The summed E-state index contributed by atoms with van der Waals surface area (Å²) in [6.45, 7) is 1.00. The van der Waals surface area contributed by atoms with Gasteiger partial charge in [0.1, 0.15) is 12.4 Å². The zero-order chi connectivity index (χ0) is 23.2. The molecule has 10 nitrogen and oxygen atoms in total. The molecule has 2 heterocycles. The molecule has 3 amide bonds. The number of carbonyl (C=O) groups excluding carboxylic acids is 2. The van der Waals surface area contributed by atoms with E-state index in [0.717, 1.165) is 5.56 Å². The van der Waals surface area contributed by atoms with Gasteiger partial charge in [0.05, 0.1) is 31.5 Å². The normalized spacial score (nSPS) is 15.1. The van der Waals surface area contributed by atoms with E-state index in [1.165, 1.54) is 6.39 Å². The standard InChI is InChI=1S/C23H24N4O6/c1-30-20-10-16(5-6-19(20)21-11-25-14-33-21)26-23(29)27(18-7-8-31-13-18)17-4-2-3-15(9-17)12-32-22(24)28/h2-6,9-11,14,18H,7-8,12-13H2,1H3,(H2,24,28)(H,26,29). The predicted octanol–water partition coefficient (Wildman–Crippen LogP) is 3.77. The second-order valence-corrected chi connectivity index (χ2v) is 7.38. The Morgan fingerprint density at radius 3 is 2.85 bits per heavy atom. The van der Waals surface area contributed by atoms with Crippen molar-refractivity contribution in [3.63, 3.8) is 0 Å². The number of oxazole rings is 1. The molecule has 0 saturated carbocycles. The van der Waals surface area contributed by atoms with Crippen LogP contribution in [0.25, 0.3) is 11.3 Å². The van der Waals surface area contributed by atoms with Crippen LogP contribution in [0.1, 0.15) is 12.0 Å². The number of aromatic nitrogens is 1. The van der Waals surface area contributed by atoms with Crippen molar-refractivity contribution in [1.82, 2.24) is 4.98 Å². The average Bonchev–Trinajstić information content (AvgIpc) is 3.53. The van der Waals surface area contributed by atoms with Gasteiger partial charge in [-0.1, -0.05) is 12.1 Å². The van der Waals surface area contributed by atoms with E-state index in [-0.39, 0.29) is 18.7 Å². The first-order chi connectivity index (χ1) is 16.0. The highest BCUT2D eigenvalue weighted by Gasteiger charge is 2.29. The fourth-order valence-corrected chi connectivity index (χ4v) is 3.68. The Hall–Kier alpha value is -4.05. The third-order valence-corrected chi connectivity index (χ3v) is 5.21. The first-order valence-electron chi connectivity index (χ1n) is 10.3. The van der Waals surface area contributed by atoms with Gasteiger partial charge in [-0.05, 0) is 36.2 Å². The van der Waals surface area contributed by atoms with Crippen molar-refractivity contribution in [1.29, 1.82) is 0 Å². The molecule has 10 heteroatoms. The number of nitrogens with zero attached hydrogens (tertiary/aromatic N) is 2. The highest BCUT2D eigenvalue weighted by Crippen LogP contribution is 2.33. The van der Waals surface area contributed by atoms with Gasteiger partial charge in [-0.3, -0.25) is 4.90 Å². The van der Waals surface area contributed by atoms with E-state index in [0.29, 0.717) is 48.1 Å². The number of nitrogens with one attached hydrogen (secondary N) is 1. The van der Waals surface area contributed by atoms with Gasteiger partial charge in [0.2, 0.25) is 0 Å². The fraction of sp³-hybridized carbons (Fsp3) is 0.261. The predicted molar refractivity (Wildman–Crippen MR) is 120 cm³/mol. The number of methoxy groups -OCH3 is 1. The molecule has 3 aromatic rings. The van der Waals surface area contributed by atoms with E-state index in [2.05, 4.69) is 10.3 Å². The summed E-state index contributed by atoms with van der Waals surface area (Å²) in [4.78, 5) is 29.9. The number of urea groups is 1. The topological polar surface area (TPSA) is 129 Å². The maximum atomic E-state index is 13.4. The Balaban J connectivity index is 1.58. The van der Waals surface area contributed by atoms with Crippen LogP contribution in [0.3, 0.4) is 0 Å². The van der Waals surface area contributed by atoms with Gasteiger partial charge < -0.3 is 29.7 Å². The molecule has 0 aliphatic carbocycles. The Labute approximate surface area is 190 Å². The molecule has 1 atom stereocenters. The number of hydrogen-bond donors (Lipinski definition) is 2. The first kappa shape index (κ1) is 22.2. The van der Waals surface area contributed by atoms with E-state index in [9.17, 15) is 9.59 Å². The average molecular weight is 452 g/mol. The van der Waals surface area contributed by atoms with Gasteiger partial charge in [-0.15, -0.1) is 0 Å². The summed E-state index contributed by atoms with van der Waals surface area (Å²) in [6.07, 6.45) is 2.77. The number of anilines is 2. The molecule has 1 unspecified atom stereocenters. The van der Waals surface area contributed by atoms with E-state index in [1.54, 1.807) is 54.6 Å². The van der Waals surface area contributed by atoms with E-state index in [4.69, 9.17) is 24.4 Å². The third-order valence-electron chi connectivity index (χ3n) is 5.21. The second kappa shape index (κ2) is 10.0. The van der Waals surface area contributed by atoms with Crippen LogP contribution in [0, 0.1) is 0 Å². The molecule has 33 heavy (non-hydrogen) atoms. The largest absolute Gasteiger partial charge is 0.496 e. The van der Waals surface area contributed by atoms with Crippen LogP contribution >= 0.6 is 0 Å². The van der Waals surface area contributed by atoms with E-state index < -0.39 is 6.09 Å². The van der Waals surface area contributed by atoms with Gasteiger partial charge in [0.15, 0.2) is 12.2 Å². The van der Waals surface area contributed by atoms with Crippen molar-refractivity contribution in [2.75, 3.05) is 30.5 Å². The molecule has 1 aliphatic heterocycles. The smallest absolute Gasteiger partial charge is 0.404 e. The summed E-state index contributed by atoms with van der Waals surface area (Å²) >= 11 is 0. The Bertz CT molecular complexity index is 1110. The highest BCUT2D eigenvalue weighted by molar-refractivity contribution is 6.02. The number of primary amides is 1. The number of hydrogen-bond acceptors (Lipinski definition) is 7. The second-order valence-electron chi connectivity index (χ2n) is 7.38. The Morgan fingerprint density at radius 1 is 1.27 bits per heavy atom. The third kappa shape index (κ3) is 5.24. The number of amides is 3. The van der Waals surface area contributed by atoms with Crippen LogP contribution < -0.4 is 20.7 Å². The van der Waals surface area contributed by atoms with Crippen molar-refractivity contribution in [3.05, 3.63) is 60.6 Å². The molecular weight excluding hydrogens is 428 g/mol. The molecule has 0 bridgehead atoms. The highest BCUT2D eigenvalue weighted by atomic mass is 16.5. The zero-order valence-electron chi connectivity index (χ0n) is 18.0. The Kier molecular flexibility index (Phi) is 6.75. The molecule has 1 fully saturated rings. The molecule has 2 aromatic carbocycles. The number of benzene rings is 2. The van der Waals surface area contributed by atoms with Crippen LogP contribution in [-0.2, 0) is 16.1 Å². The first-order valence-corrected chi connectivity index (χ1v) is 10.3. The lowest BCUT2D eigenvalue weighted by molar-refractivity contribution is 0.150. The molecule has 3 N–H and O–H groups in total. The van der Waals surface area contributed by atoms with Crippen LogP contribution in [0.15, 0.2) is 59.5 Å². The molecule has 1 aliphatic rings. The van der Waals surface area contributed by atoms with E-state index in [1.807, 2.05) is 6.07 Å². The van der Waals surface area contributed by atoms with Gasteiger partial charge in [0.25, 0.3) is 0 Å². The lowest BCUT2D eigenvalue weighted by atomic mass is 10.1. The quantitative estimate of drug-likeness (QED) is 0.558. The van der Waals surface area contributed by atoms with Crippen LogP contribution in [0.5, 0.6) is 5.75 Å². The molecule has 172 valence electrons. The minimum atomic E-state index is -0.859. The number of ether oxygens (including phenoxy) is 3. The van der Waals surface area contributed by atoms with Gasteiger partial charge in [-0.2, -0.15) is 0 Å². The summed E-state index contributed by atoms with van der Waals surface area (Å²) in [5, 5.41) is 2.93. The maximum Gasteiger partial charge on any atom is 0.404 e. The summed E-state index contributed by atoms with van der Waals surface area (Å²) in [5.74, 6) is 1.09. The SMILES string of the molecule is COc1cc(NC(=O)N(c2cccc(COC(N)=O)c2)C2CCOC2)ccc1-c1cnco1. The number of nitrogens with two attached hydrogens (primary N) is 1. The van der Waals surface area contributed by atoms with Crippen molar-refractivity contribution >= 4 is 23.5 Å². The molecule has 1 aromatic heterocycles. The lowest BCUT2D eigenvalue weighted by Gasteiger charge is -2.29. The van der Waals surface area contributed by atoms with Crippen LogP contribution in [-0.4, -0.2) is 43.5 Å². The molecule has 0 spiro atoms. The Morgan fingerprint density at radius 2 is 2.15 bits per heavy atom. The zero-order valence-corrected chi connectivity index (χ0v) is 18.0. The lowest BCUT2D eigenvalue weighted by Crippen LogP contribution is -2.43.